The number of aryl methyl sites for hydroxylation is 2. The van der Waals surface area contributed by atoms with Crippen molar-refractivity contribution in [2.75, 3.05) is 26.3 Å². The van der Waals surface area contributed by atoms with Crippen molar-refractivity contribution in [1.82, 2.24) is 64.0 Å². The standard InChI is InChI=1S/C25H31N7O4.C20H23N7O2/c1-15(2)21-16(3)30-22-19(13-29-32(22)23(21)33)17-12-28-31(14-17)20-11-18(7-8-26-20)35-10-9-27-24(34)36-25(4,5)6;1-12(2)18-13(3)25-19-16(10-24-27(19)20(18)28)14-9-23-26(11-14)17-8-15(4-6-22-17)29-7-5-21/h7-8,11-15,29H,9-10H2,1-6H3,(H,27,34);4,6,8-12,24H,5,7,21H2,1-3H3. The molecule has 340 valence electrons. The monoisotopic (exact) mass is 886 g/mol. The molecule has 8 rings (SSSR count). The molecule has 5 N–H and O–H groups in total. The normalized spacial score (nSPS) is 11.6. The molecule has 8 heterocycles. The van der Waals surface area contributed by atoms with E-state index in [1.807, 2.05) is 53.9 Å². The van der Waals surface area contributed by atoms with Crippen molar-refractivity contribution in [2.45, 2.75) is 79.8 Å². The second kappa shape index (κ2) is 19.0. The summed E-state index contributed by atoms with van der Waals surface area (Å²) in [7, 11) is 0. The van der Waals surface area contributed by atoms with Gasteiger partial charge in [0.1, 0.15) is 30.3 Å². The maximum absolute atomic E-state index is 12.9. The van der Waals surface area contributed by atoms with Crippen LogP contribution in [0.15, 0.2) is 83.4 Å². The Morgan fingerprint density at radius 1 is 0.754 bits per heavy atom. The summed E-state index contributed by atoms with van der Waals surface area (Å²) < 4.78 is 22.7. The molecule has 0 saturated carbocycles. The summed E-state index contributed by atoms with van der Waals surface area (Å²) >= 11 is 0. The number of nitrogens with two attached hydrogens (primary N) is 1. The van der Waals surface area contributed by atoms with Crippen molar-refractivity contribution in [2.24, 2.45) is 5.73 Å². The van der Waals surface area contributed by atoms with E-state index in [9.17, 15) is 14.4 Å². The van der Waals surface area contributed by atoms with Gasteiger partial charge in [-0.15, -0.1) is 0 Å². The lowest BCUT2D eigenvalue weighted by Crippen LogP contribution is -2.34. The van der Waals surface area contributed by atoms with Crippen LogP contribution in [0.5, 0.6) is 11.5 Å². The quantitative estimate of drug-likeness (QED) is 0.103. The van der Waals surface area contributed by atoms with Gasteiger partial charge in [-0.2, -0.15) is 10.2 Å². The maximum Gasteiger partial charge on any atom is 0.407 e. The predicted molar refractivity (Wildman–Crippen MR) is 244 cm³/mol. The first-order chi connectivity index (χ1) is 31.0. The van der Waals surface area contributed by atoms with Crippen molar-refractivity contribution in [3.8, 4) is 45.4 Å². The van der Waals surface area contributed by atoms with Gasteiger partial charge in [0.2, 0.25) is 0 Å². The number of hydrogen-bond donors (Lipinski definition) is 4. The molecule has 0 bridgehead atoms. The smallest absolute Gasteiger partial charge is 0.407 e. The Morgan fingerprint density at radius 3 is 1.65 bits per heavy atom. The van der Waals surface area contributed by atoms with Crippen LogP contribution in [0.25, 0.3) is 45.2 Å². The average Bonchev–Trinajstić information content (AvgIpc) is 4.08. The van der Waals surface area contributed by atoms with Gasteiger partial charge >= 0.3 is 6.09 Å². The molecule has 0 saturated heterocycles. The highest BCUT2D eigenvalue weighted by atomic mass is 16.6. The van der Waals surface area contributed by atoms with Gasteiger partial charge in [0.05, 0.1) is 18.9 Å². The highest BCUT2D eigenvalue weighted by Gasteiger charge is 2.20. The molecular formula is C45H54N14O6. The Balaban J connectivity index is 0.000000198. The van der Waals surface area contributed by atoms with E-state index in [0.29, 0.717) is 65.3 Å². The van der Waals surface area contributed by atoms with Gasteiger partial charge in [0.15, 0.2) is 22.9 Å². The number of aromatic nitrogens is 12. The largest absolute Gasteiger partial charge is 0.492 e. The number of ether oxygens (including phenoxy) is 3. The molecule has 1 amide bonds. The summed E-state index contributed by atoms with van der Waals surface area (Å²) in [5.41, 5.74) is 11.9. The van der Waals surface area contributed by atoms with Crippen molar-refractivity contribution in [3.05, 3.63) is 117 Å². The molecule has 8 aromatic heterocycles. The predicted octanol–water partition coefficient (Wildman–Crippen LogP) is 5.65. The number of nitrogens with zero attached hydrogens (tertiary/aromatic N) is 10. The molecule has 0 atom stereocenters. The van der Waals surface area contributed by atoms with Crippen molar-refractivity contribution in [3.63, 3.8) is 0 Å². The number of aromatic amines is 2. The number of hydrogen-bond acceptors (Lipinski definition) is 13. The Labute approximate surface area is 373 Å². The minimum absolute atomic E-state index is 0.0741. The number of rotatable bonds is 13. The lowest BCUT2D eigenvalue weighted by Gasteiger charge is -2.19. The first-order valence-electron chi connectivity index (χ1n) is 21.2. The van der Waals surface area contributed by atoms with E-state index in [-0.39, 0.29) is 29.6 Å². The molecule has 20 nitrogen and oxygen atoms in total. The van der Waals surface area contributed by atoms with Crippen LogP contribution in [0.2, 0.25) is 0 Å². The fourth-order valence-corrected chi connectivity index (χ4v) is 7.24. The van der Waals surface area contributed by atoms with Gasteiger partial charge in [-0.25, -0.2) is 43.1 Å². The zero-order valence-electron chi connectivity index (χ0n) is 37.9. The minimum atomic E-state index is -0.553. The van der Waals surface area contributed by atoms with Crippen LogP contribution in [-0.2, 0) is 4.74 Å². The molecule has 0 spiro atoms. The van der Waals surface area contributed by atoms with Gasteiger partial charge in [-0.05, 0) is 58.6 Å². The molecule has 0 aliphatic carbocycles. The van der Waals surface area contributed by atoms with Crippen LogP contribution in [0.3, 0.4) is 0 Å². The number of pyridine rings is 2. The van der Waals surface area contributed by atoms with E-state index in [1.54, 1.807) is 91.6 Å². The molecular weight excluding hydrogens is 833 g/mol. The molecule has 0 fully saturated rings. The highest BCUT2D eigenvalue weighted by molar-refractivity contribution is 5.77. The zero-order chi connectivity index (χ0) is 46.6. The summed E-state index contributed by atoms with van der Waals surface area (Å²) in [6.07, 6.45) is 13.4. The van der Waals surface area contributed by atoms with Gasteiger partial charge in [-0.1, -0.05) is 27.7 Å². The third-order valence-corrected chi connectivity index (χ3v) is 10.0. The van der Waals surface area contributed by atoms with Crippen molar-refractivity contribution >= 4 is 17.4 Å². The Morgan fingerprint density at radius 2 is 1.22 bits per heavy atom. The van der Waals surface area contributed by atoms with Gasteiger partial charge in [0.25, 0.3) is 11.1 Å². The first-order valence-corrected chi connectivity index (χ1v) is 21.2. The second-order valence-corrected chi connectivity index (χ2v) is 16.8. The molecule has 0 radical (unpaired) electrons. The van der Waals surface area contributed by atoms with E-state index < -0.39 is 11.7 Å². The molecule has 0 aromatic carbocycles. The summed E-state index contributed by atoms with van der Waals surface area (Å²) in [4.78, 5) is 55.6. The average molecular weight is 887 g/mol. The molecule has 20 heteroatoms. The SMILES string of the molecule is Cc1nc2c(-c3cnn(-c4cc(OCCN)ccn4)c3)c[nH]n2c(=O)c1C(C)C.Cc1nc2c(-c3cnn(-c4cc(OCCNC(=O)OC(C)(C)C)ccn4)c3)c[nH]n2c(=O)c1C(C)C. The molecule has 0 unspecified atom stereocenters. The van der Waals surface area contributed by atoms with E-state index in [0.717, 1.165) is 33.6 Å². The zero-order valence-corrected chi connectivity index (χ0v) is 37.9. The fraction of sp³-hybridized carbons (Fsp3) is 0.356. The van der Waals surface area contributed by atoms with E-state index in [2.05, 4.69) is 45.6 Å². The Kier molecular flexibility index (Phi) is 13.3. The first kappa shape index (κ1) is 45.4. The van der Waals surface area contributed by atoms with Crippen LogP contribution >= 0.6 is 0 Å². The van der Waals surface area contributed by atoms with Crippen LogP contribution in [-0.4, -0.2) is 96.7 Å². The second-order valence-electron chi connectivity index (χ2n) is 16.8. The van der Waals surface area contributed by atoms with Gasteiger partial charge in [-0.3, -0.25) is 19.8 Å². The van der Waals surface area contributed by atoms with Crippen molar-refractivity contribution in [1.29, 1.82) is 0 Å². The van der Waals surface area contributed by atoms with E-state index >= 15 is 0 Å². The lowest BCUT2D eigenvalue weighted by atomic mass is 10.0. The van der Waals surface area contributed by atoms with E-state index in [1.165, 1.54) is 9.03 Å². The number of nitrogens with one attached hydrogen (secondary N) is 3. The Bertz CT molecular complexity index is 3070. The number of carbonyl (C=O) groups excluding carboxylic acids is 1. The summed E-state index contributed by atoms with van der Waals surface area (Å²) in [5.74, 6) is 2.61. The number of H-pyrrole nitrogens is 2. The summed E-state index contributed by atoms with van der Waals surface area (Å²) in [6.45, 7) is 18.5. The van der Waals surface area contributed by atoms with Crippen LogP contribution in [0.1, 0.15) is 82.8 Å². The van der Waals surface area contributed by atoms with Crippen LogP contribution in [0, 0.1) is 13.8 Å². The van der Waals surface area contributed by atoms with Crippen LogP contribution in [0.4, 0.5) is 4.79 Å². The number of fused-ring (bicyclic) bond motifs is 2. The molecule has 0 aliphatic heterocycles. The molecule has 65 heavy (non-hydrogen) atoms. The van der Waals surface area contributed by atoms with Gasteiger partial charge in [0, 0.05) is 101 Å². The number of alkyl carbamates (subject to hydrolysis) is 1. The lowest BCUT2D eigenvalue weighted by molar-refractivity contribution is 0.0520. The van der Waals surface area contributed by atoms with Gasteiger partial charge < -0.3 is 25.3 Å². The molecule has 0 aliphatic rings. The summed E-state index contributed by atoms with van der Waals surface area (Å²) in [5, 5.41) is 17.5. The Hall–Kier alpha value is -7.61. The van der Waals surface area contributed by atoms with E-state index in [4.69, 9.17) is 19.9 Å². The van der Waals surface area contributed by atoms with Crippen LogP contribution < -0.4 is 31.6 Å². The number of amides is 1. The summed E-state index contributed by atoms with van der Waals surface area (Å²) in [6, 6.07) is 7.05. The van der Waals surface area contributed by atoms with Crippen molar-refractivity contribution < 1.29 is 19.0 Å². The highest BCUT2D eigenvalue weighted by Crippen LogP contribution is 2.27. The maximum atomic E-state index is 12.9. The topological polar surface area (TPSA) is 245 Å². The third kappa shape index (κ3) is 10.1. The molecule has 8 aromatic rings. The minimum Gasteiger partial charge on any atom is -0.492 e. The third-order valence-electron chi connectivity index (χ3n) is 10.0. The fourth-order valence-electron chi connectivity index (χ4n) is 7.24. The number of carbonyl (C=O) groups is 1.